The minimum absolute atomic E-state index is 0.0434. The highest BCUT2D eigenvalue weighted by molar-refractivity contribution is 5.90. The van der Waals surface area contributed by atoms with Crippen LogP contribution in [0.4, 0.5) is 9.18 Å². The molecule has 0 spiro atoms. The van der Waals surface area contributed by atoms with E-state index in [2.05, 4.69) is 10.6 Å². The van der Waals surface area contributed by atoms with Crippen LogP contribution >= 0.6 is 0 Å². The number of ether oxygens (including phenoxy) is 2. The highest BCUT2D eigenvalue weighted by Gasteiger charge is 2.28. The van der Waals surface area contributed by atoms with Gasteiger partial charge < -0.3 is 20.1 Å². The lowest BCUT2D eigenvalue weighted by atomic mass is 10.0. The minimum Gasteiger partial charge on any atom is -0.467 e. The molecule has 0 aliphatic heterocycles. The molecule has 3 rings (SSSR count). The highest BCUT2D eigenvalue weighted by Crippen LogP contribution is 2.09. The number of hydrogen-bond acceptors (Lipinski definition) is 5. The van der Waals surface area contributed by atoms with Crippen LogP contribution in [0.15, 0.2) is 84.9 Å². The predicted octanol–water partition coefficient (Wildman–Crippen LogP) is 3.56. The number of carbonyl (C=O) groups is 3. The van der Waals surface area contributed by atoms with Gasteiger partial charge in [0.15, 0.2) is 0 Å². The normalized spacial score (nSPS) is 12.2. The third-order valence-corrected chi connectivity index (χ3v) is 5.26. The molecule has 2 atom stereocenters. The molecule has 0 heterocycles. The molecule has 0 aliphatic rings. The molecule has 0 aliphatic carbocycles. The van der Waals surface area contributed by atoms with Crippen LogP contribution in [0.3, 0.4) is 0 Å². The van der Waals surface area contributed by atoms with Gasteiger partial charge in [-0.3, -0.25) is 4.79 Å². The summed E-state index contributed by atoms with van der Waals surface area (Å²) in [5.74, 6) is -1.65. The Kier molecular flexibility index (Phi) is 9.36. The number of nitrogens with one attached hydrogen (secondary N) is 2. The Bertz CT molecular complexity index is 1110. The Morgan fingerprint density at radius 3 is 1.89 bits per heavy atom. The van der Waals surface area contributed by atoms with Gasteiger partial charge in [0.05, 0.1) is 7.11 Å². The molecule has 35 heavy (non-hydrogen) atoms. The maximum Gasteiger partial charge on any atom is 0.408 e. The van der Waals surface area contributed by atoms with E-state index in [9.17, 15) is 18.8 Å². The number of halogens is 1. The molecule has 0 saturated heterocycles. The Morgan fingerprint density at radius 2 is 1.29 bits per heavy atom. The first-order valence-corrected chi connectivity index (χ1v) is 11.1. The van der Waals surface area contributed by atoms with Gasteiger partial charge in [-0.25, -0.2) is 14.0 Å². The first-order chi connectivity index (χ1) is 16.9. The largest absolute Gasteiger partial charge is 0.467 e. The van der Waals surface area contributed by atoms with Crippen molar-refractivity contribution in [3.63, 3.8) is 0 Å². The number of methoxy groups -OCH3 is 1. The highest BCUT2D eigenvalue weighted by atomic mass is 19.1. The zero-order chi connectivity index (χ0) is 25.0. The van der Waals surface area contributed by atoms with Crippen LogP contribution in [-0.2, 0) is 38.5 Å². The fourth-order valence-electron chi connectivity index (χ4n) is 3.43. The molecule has 0 unspecified atom stereocenters. The summed E-state index contributed by atoms with van der Waals surface area (Å²) in [5.41, 5.74) is 2.25. The average Bonchev–Trinajstić information content (AvgIpc) is 2.88. The van der Waals surface area contributed by atoms with Crippen molar-refractivity contribution in [1.82, 2.24) is 10.6 Å². The van der Waals surface area contributed by atoms with Crippen LogP contribution in [0.1, 0.15) is 16.7 Å². The lowest BCUT2D eigenvalue weighted by Gasteiger charge is -2.22. The molecule has 0 bridgehead atoms. The molecule has 0 radical (unpaired) electrons. The van der Waals surface area contributed by atoms with Crippen molar-refractivity contribution in [2.45, 2.75) is 31.5 Å². The molecule has 2 amide bonds. The first-order valence-electron chi connectivity index (χ1n) is 11.1. The van der Waals surface area contributed by atoms with E-state index < -0.39 is 35.9 Å². The second kappa shape index (κ2) is 12.9. The standard InChI is InChI=1S/C27H27FN2O5/c1-34-26(32)24(17-20-12-14-22(28)15-13-20)29-25(31)23(16-19-8-4-2-5-9-19)30-27(33)35-18-21-10-6-3-7-11-21/h2-15,23-24H,16-18H2,1H3,(H,29,31)(H,30,33)/t23-,24-/m1/s1. The topological polar surface area (TPSA) is 93.7 Å². The van der Waals surface area contributed by atoms with E-state index >= 15 is 0 Å². The van der Waals surface area contributed by atoms with Crippen molar-refractivity contribution in [3.8, 4) is 0 Å². The van der Waals surface area contributed by atoms with Gasteiger partial charge >= 0.3 is 12.1 Å². The van der Waals surface area contributed by atoms with Crippen LogP contribution in [0.5, 0.6) is 0 Å². The third kappa shape index (κ3) is 8.26. The maximum atomic E-state index is 13.3. The van der Waals surface area contributed by atoms with Gasteiger partial charge in [-0.15, -0.1) is 0 Å². The van der Waals surface area contributed by atoms with Crippen LogP contribution < -0.4 is 10.6 Å². The molecule has 0 aromatic heterocycles. The SMILES string of the molecule is COC(=O)[C@@H](Cc1ccc(F)cc1)NC(=O)[C@@H](Cc1ccccc1)NC(=O)OCc1ccccc1. The lowest BCUT2D eigenvalue weighted by molar-refractivity contribution is -0.145. The second-order valence-electron chi connectivity index (χ2n) is 7.86. The summed E-state index contributed by atoms with van der Waals surface area (Å²) >= 11 is 0. The fraction of sp³-hybridized carbons (Fsp3) is 0.222. The number of benzene rings is 3. The summed E-state index contributed by atoms with van der Waals surface area (Å²) in [6.45, 7) is 0.0434. The lowest BCUT2D eigenvalue weighted by Crippen LogP contribution is -2.53. The summed E-state index contributed by atoms with van der Waals surface area (Å²) < 4.78 is 23.4. The van der Waals surface area contributed by atoms with Crippen LogP contribution in [0.25, 0.3) is 0 Å². The second-order valence-corrected chi connectivity index (χ2v) is 7.86. The summed E-state index contributed by atoms with van der Waals surface area (Å²) in [6.07, 6.45) is -0.495. The summed E-state index contributed by atoms with van der Waals surface area (Å²) in [4.78, 5) is 38.0. The van der Waals surface area contributed by atoms with Crippen molar-refractivity contribution in [2.24, 2.45) is 0 Å². The van der Waals surface area contributed by atoms with E-state index in [0.717, 1.165) is 11.1 Å². The van der Waals surface area contributed by atoms with E-state index in [1.54, 1.807) is 0 Å². The zero-order valence-corrected chi connectivity index (χ0v) is 19.3. The molecule has 182 valence electrons. The van der Waals surface area contributed by atoms with Crippen molar-refractivity contribution in [1.29, 1.82) is 0 Å². The Hall–Kier alpha value is -4.20. The van der Waals surface area contributed by atoms with E-state index in [4.69, 9.17) is 9.47 Å². The van der Waals surface area contributed by atoms with E-state index in [-0.39, 0.29) is 19.4 Å². The first kappa shape index (κ1) is 25.4. The van der Waals surface area contributed by atoms with Gasteiger partial charge in [-0.2, -0.15) is 0 Å². The average molecular weight is 479 g/mol. The Labute approximate surface area is 203 Å². The quantitative estimate of drug-likeness (QED) is 0.435. The zero-order valence-electron chi connectivity index (χ0n) is 19.3. The molecule has 3 aromatic rings. The predicted molar refractivity (Wildman–Crippen MR) is 128 cm³/mol. The van der Waals surface area contributed by atoms with Crippen molar-refractivity contribution >= 4 is 18.0 Å². The van der Waals surface area contributed by atoms with Crippen molar-refractivity contribution < 1.29 is 28.2 Å². The number of carbonyl (C=O) groups excluding carboxylic acids is 3. The molecule has 0 saturated carbocycles. The maximum absolute atomic E-state index is 13.3. The van der Waals surface area contributed by atoms with Gasteiger partial charge in [0, 0.05) is 12.8 Å². The summed E-state index contributed by atoms with van der Waals surface area (Å²) in [7, 11) is 1.22. The Balaban J connectivity index is 1.71. The molecule has 3 aromatic carbocycles. The fourth-order valence-corrected chi connectivity index (χ4v) is 3.43. The van der Waals surface area contributed by atoms with Gasteiger partial charge in [0.1, 0.15) is 24.5 Å². The van der Waals surface area contributed by atoms with Crippen molar-refractivity contribution in [3.05, 3.63) is 107 Å². The van der Waals surface area contributed by atoms with E-state index in [1.165, 1.54) is 31.4 Å². The molecule has 8 heteroatoms. The number of hydrogen-bond donors (Lipinski definition) is 2. The van der Waals surface area contributed by atoms with Crippen LogP contribution in [-0.4, -0.2) is 37.2 Å². The number of esters is 1. The summed E-state index contributed by atoms with van der Waals surface area (Å²) in [5, 5.41) is 5.25. The van der Waals surface area contributed by atoms with Crippen LogP contribution in [0, 0.1) is 5.82 Å². The number of amides is 2. The molecular weight excluding hydrogens is 451 g/mol. The van der Waals surface area contributed by atoms with Gasteiger partial charge in [-0.1, -0.05) is 72.8 Å². The Morgan fingerprint density at radius 1 is 0.743 bits per heavy atom. The van der Waals surface area contributed by atoms with Crippen LogP contribution in [0.2, 0.25) is 0 Å². The summed E-state index contributed by atoms with van der Waals surface area (Å²) in [6, 6.07) is 21.8. The molecular formula is C27H27FN2O5. The monoisotopic (exact) mass is 478 g/mol. The van der Waals surface area contributed by atoms with Gasteiger partial charge in [0.25, 0.3) is 0 Å². The van der Waals surface area contributed by atoms with Gasteiger partial charge in [0.2, 0.25) is 5.91 Å². The van der Waals surface area contributed by atoms with E-state index in [1.807, 2.05) is 60.7 Å². The molecule has 0 fully saturated rings. The third-order valence-electron chi connectivity index (χ3n) is 5.26. The number of alkyl carbamates (subject to hydrolysis) is 1. The van der Waals surface area contributed by atoms with Gasteiger partial charge in [-0.05, 0) is 28.8 Å². The number of rotatable bonds is 10. The smallest absolute Gasteiger partial charge is 0.408 e. The van der Waals surface area contributed by atoms with E-state index in [0.29, 0.717) is 5.56 Å². The molecule has 2 N–H and O–H groups in total. The molecule has 7 nitrogen and oxygen atoms in total. The van der Waals surface area contributed by atoms with Crippen molar-refractivity contribution in [2.75, 3.05) is 7.11 Å². The minimum atomic E-state index is -1.03.